The highest BCUT2D eigenvalue weighted by atomic mass is 19.1. The Labute approximate surface area is 132 Å². The van der Waals surface area contributed by atoms with Crippen LogP contribution in [-0.4, -0.2) is 15.9 Å². The lowest BCUT2D eigenvalue weighted by molar-refractivity contribution is 0.0929. The molecular formula is C18H16FN3O. The predicted molar refractivity (Wildman–Crippen MR) is 85.6 cm³/mol. The van der Waals surface area contributed by atoms with Gasteiger partial charge < -0.3 is 10.3 Å². The molecule has 1 amide bonds. The Balaban J connectivity index is 1.64. The Kier molecular flexibility index (Phi) is 3.33. The number of H-pyrrole nitrogens is 1. The highest BCUT2D eigenvalue weighted by molar-refractivity contribution is 5.97. The van der Waals surface area contributed by atoms with Gasteiger partial charge in [-0.3, -0.25) is 4.79 Å². The number of fused-ring (bicyclic) bond motifs is 2. The van der Waals surface area contributed by atoms with E-state index >= 15 is 0 Å². The highest BCUT2D eigenvalue weighted by Gasteiger charge is 2.23. The Hall–Kier alpha value is -2.69. The quantitative estimate of drug-likeness (QED) is 0.761. The second kappa shape index (κ2) is 5.50. The van der Waals surface area contributed by atoms with Gasteiger partial charge in [0.05, 0.1) is 29.0 Å². The molecule has 0 bridgehead atoms. The van der Waals surface area contributed by atoms with Crippen LogP contribution >= 0.6 is 0 Å². The van der Waals surface area contributed by atoms with Gasteiger partial charge in [0.15, 0.2) is 0 Å². The van der Waals surface area contributed by atoms with Crippen molar-refractivity contribution in [2.24, 2.45) is 0 Å². The molecule has 2 aromatic carbocycles. The zero-order valence-corrected chi connectivity index (χ0v) is 12.5. The smallest absolute Gasteiger partial charge is 0.254 e. The van der Waals surface area contributed by atoms with Gasteiger partial charge in [0.1, 0.15) is 5.82 Å². The maximum Gasteiger partial charge on any atom is 0.254 e. The van der Waals surface area contributed by atoms with Crippen LogP contribution in [-0.2, 0) is 6.42 Å². The van der Waals surface area contributed by atoms with Gasteiger partial charge >= 0.3 is 0 Å². The number of carbonyl (C=O) groups is 1. The van der Waals surface area contributed by atoms with E-state index in [1.807, 2.05) is 18.2 Å². The van der Waals surface area contributed by atoms with E-state index in [-0.39, 0.29) is 11.6 Å². The molecule has 0 radical (unpaired) electrons. The molecule has 4 rings (SSSR count). The number of rotatable bonds is 2. The summed E-state index contributed by atoms with van der Waals surface area (Å²) in [5, 5.41) is 2.97. The summed E-state index contributed by atoms with van der Waals surface area (Å²) >= 11 is 0. The molecule has 1 unspecified atom stereocenters. The van der Waals surface area contributed by atoms with E-state index in [0.717, 1.165) is 24.8 Å². The zero-order valence-electron chi connectivity index (χ0n) is 12.5. The third kappa shape index (κ3) is 2.48. The molecule has 0 saturated heterocycles. The maximum atomic E-state index is 14.2. The second-order valence-corrected chi connectivity index (χ2v) is 5.87. The van der Waals surface area contributed by atoms with Crippen LogP contribution in [0.2, 0.25) is 0 Å². The van der Waals surface area contributed by atoms with Crippen molar-refractivity contribution in [1.82, 2.24) is 15.3 Å². The average molecular weight is 309 g/mol. The normalized spacial score (nSPS) is 17.0. The van der Waals surface area contributed by atoms with Gasteiger partial charge in [-0.1, -0.05) is 24.3 Å². The molecule has 0 fully saturated rings. The lowest BCUT2D eigenvalue weighted by Crippen LogP contribution is -2.31. The third-order valence-corrected chi connectivity index (χ3v) is 4.43. The lowest BCUT2D eigenvalue weighted by Gasteiger charge is -2.26. The predicted octanol–water partition coefficient (Wildman–Crippen LogP) is 3.51. The van der Waals surface area contributed by atoms with Gasteiger partial charge in [0, 0.05) is 6.07 Å². The highest BCUT2D eigenvalue weighted by Crippen LogP contribution is 2.30. The van der Waals surface area contributed by atoms with E-state index in [9.17, 15) is 9.18 Å². The van der Waals surface area contributed by atoms with Crippen molar-refractivity contribution in [1.29, 1.82) is 0 Å². The Morgan fingerprint density at radius 1 is 1.30 bits per heavy atom. The Bertz CT molecular complexity index is 887. The second-order valence-electron chi connectivity index (χ2n) is 5.87. The first-order chi connectivity index (χ1) is 11.2. The number of nitrogens with zero attached hydrogens (tertiary/aromatic N) is 1. The van der Waals surface area contributed by atoms with Gasteiger partial charge in [0.25, 0.3) is 5.91 Å². The summed E-state index contributed by atoms with van der Waals surface area (Å²) in [5.74, 6) is -0.933. The van der Waals surface area contributed by atoms with E-state index in [0.29, 0.717) is 11.0 Å². The Morgan fingerprint density at radius 2 is 2.17 bits per heavy atom. The molecule has 4 nitrogen and oxygen atoms in total. The van der Waals surface area contributed by atoms with Crippen LogP contribution in [0.3, 0.4) is 0 Å². The molecule has 0 aliphatic heterocycles. The standard InChI is InChI=1S/C18H16FN3O/c19-14-9-17-16(20-10-21-17)8-13(14)18(23)22-15-7-3-5-11-4-1-2-6-12(11)15/h1-2,4,6,8-10,15H,3,5,7H2,(H,20,21)(H,22,23). The number of carbonyl (C=O) groups excluding carboxylic acids is 1. The number of aryl methyl sites for hydroxylation is 1. The van der Waals surface area contributed by atoms with Crippen molar-refractivity contribution >= 4 is 16.9 Å². The number of hydrogen-bond donors (Lipinski definition) is 2. The van der Waals surface area contributed by atoms with E-state index < -0.39 is 11.7 Å². The van der Waals surface area contributed by atoms with Crippen molar-refractivity contribution in [3.63, 3.8) is 0 Å². The van der Waals surface area contributed by atoms with Crippen LogP contribution in [0.1, 0.15) is 40.4 Å². The number of hydrogen-bond acceptors (Lipinski definition) is 2. The SMILES string of the molecule is O=C(NC1CCCc2ccccc21)c1cc2nc[nH]c2cc1F. The molecule has 3 aromatic rings. The Morgan fingerprint density at radius 3 is 3.09 bits per heavy atom. The number of aromatic nitrogens is 2. The summed E-state index contributed by atoms with van der Waals surface area (Å²) in [4.78, 5) is 19.4. The first-order valence-electron chi connectivity index (χ1n) is 7.73. The van der Waals surface area contributed by atoms with Crippen LogP contribution in [0, 0.1) is 5.82 Å². The molecule has 1 aliphatic rings. The molecule has 1 aromatic heterocycles. The number of halogens is 1. The summed E-state index contributed by atoms with van der Waals surface area (Å²) in [6.07, 6.45) is 4.40. The fourth-order valence-corrected chi connectivity index (χ4v) is 3.27. The topological polar surface area (TPSA) is 57.8 Å². The lowest BCUT2D eigenvalue weighted by atomic mass is 9.87. The molecule has 1 atom stereocenters. The minimum atomic E-state index is -0.539. The minimum absolute atomic E-state index is 0.0349. The summed E-state index contributed by atoms with van der Waals surface area (Å²) in [5.41, 5.74) is 3.59. The molecule has 0 saturated carbocycles. The van der Waals surface area contributed by atoms with Crippen LogP contribution in [0.5, 0.6) is 0 Å². The zero-order chi connectivity index (χ0) is 15.8. The van der Waals surface area contributed by atoms with E-state index in [1.165, 1.54) is 24.0 Å². The molecule has 5 heteroatoms. The van der Waals surface area contributed by atoms with Crippen LogP contribution in [0.15, 0.2) is 42.7 Å². The number of imidazole rings is 1. The number of amides is 1. The molecule has 23 heavy (non-hydrogen) atoms. The fourth-order valence-electron chi connectivity index (χ4n) is 3.27. The van der Waals surface area contributed by atoms with Crippen molar-refractivity contribution in [3.05, 3.63) is 65.2 Å². The number of nitrogens with one attached hydrogen (secondary N) is 2. The summed E-state index contributed by atoms with van der Waals surface area (Å²) < 4.78 is 14.2. The van der Waals surface area contributed by atoms with E-state index in [2.05, 4.69) is 21.4 Å². The van der Waals surface area contributed by atoms with Crippen LogP contribution in [0.4, 0.5) is 4.39 Å². The molecule has 0 spiro atoms. The van der Waals surface area contributed by atoms with Crippen LogP contribution in [0.25, 0.3) is 11.0 Å². The van der Waals surface area contributed by atoms with Crippen molar-refractivity contribution in [3.8, 4) is 0 Å². The first-order valence-corrected chi connectivity index (χ1v) is 7.73. The number of aromatic amines is 1. The molecular weight excluding hydrogens is 293 g/mol. The van der Waals surface area contributed by atoms with Gasteiger partial charge in [-0.15, -0.1) is 0 Å². The summed E-state index contributed by atoms with van der Waals surface area (Å²) in [7, 11) is 0. The molecule has 1 heterocycles. The number of benzene rings is 2. The molecule has 1 aliphatic carbocycles. The average Bonchev–Trinajstić information content (AvgIpc) is 3.01. The first kappa shape index (κ1) is 13.9. The van der Waals surface area contributed by atoms with E-state index in [1.54, 1.807) is 0 Å². The fraction of sp³-hybridized carbons (Fsp3) is 0.222. The van der Waals surface area contributed by atoms with Crippen molar-refractivity contribution in [2.75, 3.05) is 0 Å². The van der Waals surface area contributed by atoms with Gasteiger partial charge in [-0.25, -0.2) is 9.37 Å². The third-order valence-electron chi connectivity index (χ3n) is 4.43. The molecule has 116 valence electrons. The largest absolute Gasteiger partial charge is 0.345 e. The monoisotopic (exact) mass is 309 g/mol. The van der Waals surface area contributed by atoms with Gasteiger partial charge in [-0.2, -0.15) is 0 Å². The summed E-state index contributed by atoms with van der Waals surface area (Å²) in [6, 6.07) is 10.8. The maximum absolute atomic E-state index is 14.2. The van der Waals surface area contributed by atoms with Crippen LogP contribution < -0.4 is 5.32 Å². The minimum Gasteiger partial charge on any atom is -0.345 e. The van der Waals surface area contributed by atoms with E-state index in [4.69, 9.17) is 0 Å². The summed E-state index contributed by atoms with van der Waals surface area (Å²) in [6.45, 7) is 0. The van der Waals surface area contributed by atoms with Gasteiger partial charge in [0.2, 0.25) is 0 Å². The van der Waals surface area contributed by atoms with Gasteiger partial charge in [-0.05, 0) is 36.5 Å². The van der Waals surface area contributed by atoms with Crippen molar-refractivity contribution < 1.29 is 9.18 Å². The van der Waals surface area contributed by atoms with Crippen molar-refractivity contribution in [2.45, 2.75) is 25.3 Å². The molecule has 2 N–H and O–H groups in total.